The Morgan fingerprint density at radius 2 is 2.00 bits per heavy atom. The number of hydrogen-bond donors (Lipinski definition) is 2. The Kier molecular flexibility index (Phi) is 4.85. The molecule has 122 valence electrons. The van der Waals surface area contributed by atoms with Crippen molar-refractivity contribution in [3.63, 3.8) is 0 Å². The van der Waals surface area contributed by atoms with Crippen LogP contribution in [0.3, 0.4) is 0 Å². The highest BCUT2D eigenvalue weighted by molar-refractivity contribution is 8.18. The molecule has 1 amide bonds. The van der Waals surface area contributed by atoms with Crippen molar-refractivity contribution in [3.8, 4) is 5.75 Å². The topological polar surface area (TPSA) is 61.7 Å². The molecule has 2 aromatic rings. The first-order valence-corrected chi connectivity index (χ1v) is 8.54. The standard InChI is InChI=1S/C17H12Cl2N2O2S/c1-9-12(18)3-2-4-14(9)20-17-21-16(23)15(24-17)8-10-7-11(22)5-6-13(10)19/h2-8,22H,1H3,(H,20,21,23)/b15-8-. The molecule has 2 N–H and O–H groups in total. The third-order valence-electron chi connectivity index (χ3n) is 3.38. The number of carbonyl (C=O) groups excluding carboxylic acids is 1. The zero-order valence-corrected chi connectivity index (χ0v) is 14.8. The van der Waals surface area contributed by atoms with Gasteiger partial charge in [0.1, 0.15) is 5.75 Å². The number of carbonyl (C=O) groups is 1. The van der Waals surface area contributed by atoms with Gasteiger partial charge in [0, 0.05) is 10.0 Å². The first kappa shape index (κ1) is 16.9. The average Bonchev–Trinajstić information content (AvgIpc) is 2.87. The molecule has 0 bridgehead atoms. The molecule has 3 rings (SSSR count). The van der Waals surface area contributed by atoms with Crippen molar-refractivity contribution in [2.45, 2.75) is 6.92 Å². The monoisotopic (exact) mass is 378 g/mol. The van der Waals surface area contributed by atoms with E-state index in [2.05, 4.69) is 10.3 Å². The largest absolute Gasteiger partial charge is 0.508 e. The van der Waals surface area contributed by atoms with Gasteiger partial charge in [0.2, 0.25) is 0 Å². The van der Waals surface area contributed by atoms with E-state index in [1.54, 1.807) is 24.3 Å². The molecule has 2 aromatic carbocycles. The number of aliphatic imine (C=N–C) groups is 1. The van der Waals surface area contributed by atoms with Gasteiger partial charge in [-0.2, -0.15) is 0 Å². The van der Waals surface area contributed by atoms with Crippen molar-refractivity contribution >= 4 is 57.8 Å². The maximum absolute atomic E-state index is 12.1. The van der Waals surface area contributed by atoms with Gasteiger partial charge in [-0.1, -0.05) is 29.3 Å². The Balaban J connectivity index is 1.91. The van der Waals surface area contributed by atoms with Gasteiger partial charge in [0.15, 0.2) is 5.17 Å². The van der Waals surface area contributed by atoms with Gasteiger partial charge in [-0.3, -0.25) is 4.79 Å². The van der Waals surface area contributed by atoms with E-state index >= 15 is 0 Å². The lowest BCUT2D eigenvalue weighted by atomic mass is 10.2. The Morgan fingerprint density at radius 1 is 1.21 bits per heavy atom. The number of rotatable bonds is 2. The van der Waals surface area contributed by atoms with Crippen LogP contribution >= 0.6 is 35.0 Å². The zero-order valence-electron chi connectivity index (χ0n) is 12.5. The van der Waals surface area contributed by atoms with E-state index in [1.165, 1.54) is 23.9 Å². The van der Waals surface area contributed by atoms with E-state index in [1.807, 2.05) is 13.0 Å². The number of amides is 1. The van der Waals surface area contributed by atoms with Gasteiger partial charge >= 0.3 is 0 Å². The molecular weight excluding hydrogens is 367 g/mol. The first-order chi connectivity index (χ1) is 11.4. The van der Waals surface area contributed by atoms with Gasteiger partial charge in [0.05, 0.1) is 10.6 Å². The Labute approximate surface area is 153 Å². The summed E-state index contributed by atoms with van der Waals surface area (Å²) < 4.78 is 0. The number of hydrogen-bond acceptors (Lipinski definition) is 4. The van der Waals surface area contributed by atoms with Gasteiger partial charge in [-0.25, -0.2) is 4.99 Å². The molecule has 0 spiro atoms. The molecule has 1 aliphatic rings. The van der Waals surface area contributed by atoms with Crippen LogP contribution in [-0.2, 0) is 4.79 Å². The minimum atomic E-state index is -0.266. The van der Waals surface area contributed by atoms with Gasteiger partial charge < -0.3 is 10.4 Å². The summed E-state index contributed by atoms with van der Waals surface area (Å²) in [6.45, 7) is 1.87. The van der Waals surface area contributed by atoms with Crippen LogP contribution in [0.2, 0.25) is 10.0 Å². The second kappa shape index (κ2) is 6.89. The molecule has 0 unspecified atom stereocenters. The lowest BCUT2D eigenvalue weighted by Crippen LogP contribution is -2.19. The van der Waals surface area contributed by atoms with E-state index < -0.39 is 0 Å². The Morgan fingerprint density at radius 3 is 2.79 bits per heavy atom. The number of nitrogens with one attached hydrogen (secondary N) is 1. The quantitative estimate of drug-likeness (QED) is 0.730. The normalized spacial score (nSPS) is 17.5. The van der Waals surface area contributed by atoms with E-state index in [0.29, 0.717) is 31.4 Å². The number of phenolic OH excluding ortho intramolecular Hbond substituents is 1. The molecule has 7 heteroatoms. The van der Waals surface area contributed by atoms with Crippen LogP contribution in [0.15, 0.2) is 46.3 Å². The molecule has 1 heterocycles. The SMILES string of the molecule is Cc1c(Cl)cccc1N=C1NC(=O)/C(=C/c2cc(O)ccc2Cl)S1. The molecular formula is C17H12Cl2N2O2S. The number of benzene rings is 2. The first-order valence-electron chi connectivity index (χ1n) is 6.97. The lowest BCUT2D eigenvalue weighted by Gasteiger charge is -2.02. The molecule has 0 saturated carbocycles. The summed E-state index contributed by atoms with van der Waals surface area (Å²) in [7, 11) is 0. The average molecular weight is 379 g/mol. The highest BCUT2D eigenvalue weighted by Gasteiger charge is 2.24. The molecule has 1 aliphatic heterocycles. The predicted octanol–water partition coefficient (Wildman–Crippen LogP) is 4.90. The Hall–Kier alpha value is -1.95. The molecule has 0 aliphatic carbocycles. The summed E-state index contributed by atoms with van der Waals surface area (Å²) in [6.07, 6.45) is 1.62. The summed E-state index contributed by atoms with van der Waals surface area (Å²) in [6, 6.07) is 9.98. The van der Waals surface area contributed by atoms with E-state index in [0.717, 1.165) is 5.56 Å². The molecule has 0 atom stereocenters. The minimum Gasteiger partial charge on any atom is -0.508 e. The number of amidine groups is 1. The summed E-state index contributed by atoms with van der Waals surface area (Å²) in [4.78, 5) is 17.0. The van der Waals surface area contributed by atoms with Crippen LogP contribution in [0.5, 0.6) is 5.75 Å². The summed E-state index contributed by atoms with van der Waals surface area (Å²) in [5.74, 6) is -0.184. The number of nitrogens with zero attached hydrogens (tertiary/aromatic N) is 1. The third-order valence-corrected chi connectivity index (χ3v) is 5.04. The second-order valence-corrected chi connectivity index (χ2v) is 6.92. The summed E-state index contributed by atoms with van der Waals surface area (Å²) in [5, 5.41) is 13.8. The number of thioether (sulfide) groups is 1. The molecule has 1 saturated heterocycles. The van der Waals surface area contributed by atoms with Crippen LogP contribution in [0.1, 0.15) is 11.1 Å². The van der Waals surface area contributed by atoms with E-state index in [4.69, 9.17) is 23.2 Å². The van der Waals surface area contributed by atoms with Crippen LogP contribution in [-0.4, -0.2) is 16.2 Å². The van der Waals surface area contributed by atoms with Crippen LogP contribution in [0.4, 0.5) is 5.69 Å². The van der Waals surface area contributed by atoms with Gasteiger partial charge in [-0.15, -0.1) is 0 Å². The summed E-state index contributed by atoms with van der Waals surface area (Å²) in [5.41, 5.74) is 2.10. The van der Waals surface area contributed by atoms with Crippen molar-refractivity contribution in [2.24, 2.45) is 4.99 Å². The second-order valence-electron chi connectivity index (χ2n) is 5.07. The van der Waals surface area contributed by atoms with Gasteiger partial charge in [0.25, 0.3) is 5.91 Å². The zero-order chi connectivity index (χ0) is 17.3. The lowest BCUT2D eigenvalue weighted by molar-refractivity contribution is -0.115. The van der Waals surface area contributed by atoms with E-state index in [9.17, 15) is 9.90 Å². The molecule has 0 radical (unpaired) electrons. The fourth-order valence-corrected chi connectivity index (χ4v) is 3.26. The van der Waals surface area contributed by atoms with Crippen molar-refractivity contribution in [2.75, 3.05) is 0 Å². The molecule has 4 nitrogen and oxygen atoms in total. The smallest absolute Gasteiger partial charge is 0.264 e. The predicted molar refractivity (Wildman–Crippen MR) is 100 cm³/mol. The highest BCUT2D eigenvalue weighted by Crippen LogP contribution is 2.32. The fourth-order valence-electron chi connectivity index (χ4n) is 2.09. The maximum atomic E-state index is 12.1. The van der Waals surface area contributed by atoms with E-state index in [-0.39, 0.29) is 11.7 Å². The summed E-state index contributed by atoms with van der Waals surface area (Å²) >= 11 is 13.4. The number of aromatic hydroxyl groups is 1. The number of halogens is 2. The van der Waals surface area contributed by atoms with Gasteiger partial charge in [-0.05, 0) is 66.2 Å². The molecule has 1 fully saturated rings. The molecule has 24 heavy (non-hydrogen) atoms. The number of phenols is 1. The fraction of sp³-hybridized carbons (Fsp3) is 0.0588. The van der Waals surface area contributed by atoms with Crippen LogP contribution < -0.4 is 5.32 Å². The maximum Gasteiger partial charge on any atom is 0.264 e. The Bertz CT molecular complexity index is 894. The minimum absolute atomic E-state index is 0.0816. The van der Waals surface area contributed by atoms with Crippen molar-refractivity contribution < 1.29 is 9.90 Å². The highest BCUT2D eigenvalue weighted by atomic mass is 35.5. The van der Waals surface area contributed by atoms with Crippen molar-refractivity contribution in [1.82, 2.24) is 5.32 Å². The van der Waals surface area contributed by atoms with Crippen LogP contribution in [0, 0.1) is 6.92 Å². The van der Waals surface area contributed by atoms with Crippen LogP contribution in [0.25, 0.3) is 6.08 Å². The molecule has 0 aromatic heterocycles. The van der Waals surface area contributed by atoms with Crippen molar-refractivity contribution in [3.05, 3.63) is 62.5 Å². The third kappa shape index (κ3) is 3.59. The van der Waals surface area contributed by atoms with Crippen molar-refractivity contribution in [1.29, 1.82) is 0 Å².